The Kier molecular flexibility index (Phi) is 5.21. The Balaban J connectivity index is 1.41. The highest BCUT2D eigenvalue weighted by Crippen LogP contribution is 2.68. The molecule has 1 aromatic heterocycles. The van der Waals surface area contributed by atoms with Crippen LogP contribution in [-0.4, -0.2) is 50.4 Å². The van der Waals surface area contributed by atoms with E-state index in [9.17, 15) is 9.90 Å². The van der Waals surface area contributed by atoms with Crippen LogP contribution in [0.5, 0.6) is 0 Å². The van der Waals surface area contributed by atoms with Crippen molar-refractivity contribution in [1.29, 1.82) is 0 Å². The van der Waals surface area contributed by atoms with E-state index in [4.69, 9.17) is 6.11 Å². The number of Topliss-reactive ketones (excluding diaryl/α,β-unsaturated/α-hetero) is 1. The van der Waals surface area contributed by atoms with Crippen molar-refractivity contribution in [3.05, 3.63) is 5.82 Å². The van der Waals surface area contributed by atoms with Gasteiger partial charge in [-0.05, 0) is 117 Å². The van der Waals surface area contributed by atoms with E-state index in [2.05, 4.69) is 22.4 Å². The lowest BCUT2D eigenvalue weighted by Gasteiger charge is -2.62. The predicted octanol–water partition coefficient (Wildman–Crippen LogP) is 3.59. The minimum atomic E-state index is -0.628. The average Bonchev–Trinajstić information content (AvgIpc) is 3.34. The van der Waals surface area contributed by atoms with Crippen LogP contribution in [0.3, 0.4) is 0 Å². The Hall–Kier alpha value is -1.34. The predicted molar refractivity (Wildman–Crippen MR) is 120 cm³/mol. The molecule has 4 aliphatic rings. The molecule has 32 heavy (non-hydrogen) atoms. The topological polar surface area (TPSA) is 90.1 Å². The first kappa shape index (κ1) is 21.2. The van der Waals surface area contributed by atoms with Crippen molar-refractivity contribution in [3.8, 4) is 0 Å². The largest absolute Gasteiger partial charge is 0.390 e. The van der Waals surface area contributed by atoms with Gasteiger partial charge in [0.2, 0.25) is 0 Å². The van der Waals surface area contributed by atoms with E-state index in [1.807, 2.05) is 13.8 Å². The van der Waals surface area contributed by atoms with Crippen LogP contribution in [-0.2, 0) is 16.1 Å². The van der Waals surface area contributed by atoms with Crippen molar-refractivity contribution in [1.82, 2.24) is 20.2 Å². The molecule has 0 bridgehead atoms. The highest BCUT2D eigenvalue weighted by atomic mass is 16.5. The Bertz CT molecular complexity index is 906. The lowest BCUT2D eigenvalue weighted by Crippen LogP contribution is -2.58. The molecule has 0 saturated heterocycles. The van der Waals surface area contributed by atoms with Gasteiger partial charge in [-0.15, -0.1) is 5.10 Å². The van der Waals surface area contributed by atoms with Gasteiger partial charge in [-0.3, -0.25) is 4.79 Å². The van der Waals surface area contributed by atoms with E-state index >= 15 is 0 Å². The maximum atomic E-state index is 13.4. The Labute approximate surface area is 193 Å². The molecule has 178 valence electrons. The molecule has 0 radical (unpaired) electrons. The van der Waals surface area contributed by atoms with Gasteiger partial charge in [-0.25, -0.2) is 4.68 Å². The number of aryl methyl sites for hydroxylation is 1. The smallest absolute Gasteiger partial charge is 0.158 e. The van der Waals surface area contributed by atoms with Crippen molar-refractivity contribution in [2.24, 2.45) is 40.4 Å². The Morgan fingerprint density at radius 3 is 2.72 bits per heavy atom. The van der Waals surface area contributed by atoms with Gasteiger partial charge in [0.15, 0.2) is 5.78 Å². The molecule has 7 nitrogen and oxygen atoms in total. The molecule has 1 aromatic rings. The van der Waals surface area contributed by atoms with Gasteiger partial charge in [0.05, 0.1) is 13.6 Å². The summed E-state index contributed by atoms with van der Waals surface area (Å²) in [6.45, 7) is 5.88. The molecule has 4 saturated carbocycles. The van der Waals surface area contributed by atoms with Crippen molar-refractivity contribution < 1.29 is 16.0 Å². The summed E-state index contributed by atoms with van der Waals surface area (Å²) in [6, 6.07) is 0. The number of hydrogen-bond acceptors (Lipinski definition) is 6. The van der Waals surface area contributed by atoms with Crippen LogP contribution in [0.2, 0.25) is 0 Å². The summed E-state index contributed by atoms with van der Waals surface area (Å²) in [7, 11) is 1.68. The first-order chi connectivity index (χ1) is 15.6. The van der Waals surface area contributed by atoms with Crippen molar-refractivity contribution in [2.75, 3.05) is 13.7 Å². The molecular formula is C25H40N4O3. The number of aromatic nitrogens is 4. The fourth-order valence-corrected chi connectivity index (χ4v) is 8.77. The quantitative estimate of drug-likeness (QED) is 0.745. The summed E-state index contributed by atoms with van der Waals surface area (Å²) >= 11 is 0. The Morgan fingerprint density at radius 1 is 1.19 bits per heavy atom. The summed E-state index contributed by atoms with van der Waals surface area (Å²) in [6.07, 6.45) is 8.75. The van der Waals surface area contributed by atoms with Crippen LogP contribution in [0.25, 0.3) is 0 Å². The monoisotopic (exact) mass is 445 g/mol. The molecule has 0 amide bonds. The van der Waals surface area contributed by atoms with E-state index in [-0.39, 0.29) is 29.1 Å². The van der Waals surface area contributed by atoms with Crippen molar-refractivity contribution in [2.45, 2.75) is 90.7 Å². The third kappa shape index (κ3) is 3.37. The number of ether oxygens (including phenoxy) is 1. The highest BCUT2D eigenvalue weighted by molar-refractivity contribution is 5.82. The number of ketones is 1. The van der Waals surface area contributed by atoms with Crippen LogP contribution in [0.1, 0.15) is 78.8 Å². The molecule has 1 unspecified atom stereocenters. The number of methoxy groups -OCH3 is 1. The highest BCUT2D eigenvalue weighted by Gasteiger charge is 2.63. The zero-order chi connectivity index (χ0) is 23.6. The summed E-state index contributed by atoms with van der Waals surface area (Å²) in [4.78, 5) is 13.4. The molecule has 9 atom stereocenters. The van der Waals surface area contributed by atoms with Gasteiger partial charge in [0.25, 0.3) is 0 Å². The first-order valence-corrected chi connectivity index (χ1v) is 12.6. The van der Waals surface area contributed by atoms with E-state index < -0.39 is 12.2 Å². The van der Waals surface area contributed by atoms with Crippen molar-refractivity contribution >= 4 is 5.78 Å². The molecule has 7 heteroatoms. The summed E-state index contributed by atoms with van der Waals surface area (Å²) in [5.41, 5.74) is -0.789. The second-order valence-electron chi connectivity index (χ2n) is 11.8. The molecule has 4 aliphatic carbocycles. The molecule has 0 aliphatic heterocycles. The lowest BCUT2D eigenvalue weighted by atomic mass is 9.43. The maximum Gasteiger partial charge on any atom is 0.158 e. The lowest BCUT2D eigenvalue weighted by molar-refractivity contribution is -0.175. The molecule has 4 fully saturated rings. The van der Waals surface area contributed by atoms with E-state index in [1.54, 1.807) is 11.8 Å². The number of fused-ring (bicyclic) bond motifs is 5. The molecule has 0 spiro atoms. The minimum absolute atomic E-state index is 0.0128. The summed E-state index contributed by atoms with van der Waals surface area (Å²) < 4.78 is 16.3. The van der Waals surface area contributed by atoms with E-state index in [0.717, 1.165) is 57.8 Å². The van der Waals surface area contributed by atoms with Gasteiger partial charge in [0, 0.05) is 13.0 Å². The third-order valence-corrected chi connectivity index (χ3v) is 10.3. The van der Waals surface area contributed by atoms with E-state index in [1.165, 1.54) is 0 Å². The standard InChI is InChI=1S/C25H40N4O3/c1-16-26-27-28-29(16)14-22(30)21-8-7-19-18-6-5-17-13-23(2,31)11-12-25(17,15-32-4)20(18)9-10-24(19,21)3/h17-21,31H,5-15H2,1-4H3/t17-,18+,19+,20+,21-,23-,24+,25-/m1/s1/i15D/t15?,17-,18+,19+,20+,21-,23-,24+,25-. The zero-order valence-corrected chi connectivity index (χ0v) is 20.1. The number of nitrogens with zero attached hydrogens (tertiary/aromatic N) is 4. The van der Waals surface area contributed by atoms with Crippen LogP contribution in [0.15, 0.2) is 0 Å². The second kappa shape index (κ2) is 7.86. The van der Waals surface area contributed by atoms with Gasteiger partial charge < -0.3 is 9.84 Å². The van der Waals surface area contributed by atoms with Crippen LogP contribution >= 0.6 is 0 Å². The molecule has 1 N–H and O–H groups in total. The first-order valence-electron chi connectivity index (χ1n) is 13.1. The van der Waals surface area contributed by atoms with Gasteiger partial charge in [-0.1, -0.05) is 6.92 Å². The maximum absolute atomic E-state index is 13.4. The number of rotatable bonds is 5. The summed E-state index contributed by atoms with van der Waals surface area (Å²) in [5, 5.41) is 22.5. The number of tetrazole rings is 1. The number of hydrogen-bond donors (Lipinski definition) is 1. The second-order valence-corrected chi connectivity index (χ2v) is 11.8. The van der Waals surface area contributed by atoms with E-state index in [0.29, 0.717) is 29.5 Å². The van der Waals surface area contributed by atoms with Crippen molar-refractivity contribution in [3.63, 3.8) is 0 Å². The Morgan fingerprint density at radius 2 is 2.00 bits per heavy atom. The third-order valence-electron chi connectivity index (χ3n) is 10.3. The fraction of sp³-hybridized carbons (Fsp3) is 0.920. The van der Waals surface area contributed by atoms with Crippen LogP contribution in [0, 0.1) is 47.3 Å². The number of carbonyl (C=O) groups excluding carboxylic acids is 1. The zero-order valence-electron chi connectivity index (χ0n) is 21.1. The number of carbonyl (C=O) groups is 1. The molecular weight excluding hydrogens is 404 g/mol. The van der Waals surface area contributed by atoms with Crippen LogP contribution in [0.4, 0.5) is 0 Å². The van der Waals surface area contributed by atoms with Crippen LogP contribution < -0.4 is 0 Å². The van der Waals surface area contributed by atoms with Gasteiger partial charge >= 0.3 is 0 Å². The average molecular weight is 446 g/mol. The normalized spacial score (nSPS) is 47.2. The molecule has 5 rings (SSSR count). The summed E-state index contributed by atoms with van der Waals surface area (Å²) in [5.74, 6) is 2.85. The molecule has 0 aromatic carbocycles. The molecule has 1 heterocycles. The fourth-order valence-electron chi connectivity index (χ4n) is 8.77. The minimum Gasteiger partial charge on any atom is -0.390 e. The van der Waals surface area contributed by atoms with Gasteiger partial charge in [-0.2, -0.15) is 0 Å². The van der Waals surface area contributed by atoms with Gasteiger partial charge in [0.1, 0.15) is 12.4 Å². The SMILES string of the molecule is [2H]C(OC)[C@]12CC[C@@](C)(O)C[C@H]1CC[C@H]1[C@@H]3CC[C@H](C(=O)Cn4nnnc4C)[C@@]3(C)CC[C@@H]12. The number of aliphatic hydroxyl groups is 1.